The smallest absolute Gasteiger partial charge is 0.288 e. The first-order valence-corrected chi connectivity index (χ1v) is 8.07. The van der Waals surface area contributed by atoms with Gasteiger partial charge >= 0.3 is 0 Å². The zero-order valence-corrected chi connectivity index (χ0v) is 14.2. The van der Waals surface area contributed by atoms with E-state index in [0.29, 0.717) is 12.2 Å². The van der Waals surface area contributed by atoms with Crippen molar-refractivity contribution in [2.45, 2.75) is 20.4 Å². The predicted molar refractivity (Wildman–Crippen MR) is 97.1 cm³/mol. The molecule has 2 aromatic rings. The summed E-state index contributed by atoms with van der Waals surface area (Å²) in [5.41, 5.74) is 6.75. The summed E-state index contributed by atoms with van der Waals surface area (Å²) >= 11 is 0. The van der Waals surface area contributed by atoms with Gasteiger partial charge in [-0.25, -0.2) is 5.01 Å². The average molecular weight is 336 g/mol. The minimum absolute atomic E-state index is 0.0613. The molecular formula is C19H20N4O2. The van der Waals surface area contributed by atoms with E-state index in [1.807, 2.05) is 62.4 Å². The summed E-state index contributed by atoms with van der Waals surface area (Å²) in [5, 5.41) is 4.17. The van der Waals surface area contributed by atoms with Gasteiger partial charge in [0.1, 0.15) is 6.54 Å². The monoisotopic (exact) mass is 336 g/mol. The predicted octanol–water partition coefficient (Wildman–Crippen LogP) is 1.87. The molecular weight excluding hydrogens is 316 g/mol. The number of carbonyl (C=O) groups excluding carboxylic acids is 2. The van der Waals surface area contributed by atoms with Crippen LogP contribution in [0.15, 0.2) is 53.5 Å². The van der Waals surface area contributed by atoms with E-state index in [2.05, 4.69) is 15.7 Å². The molecule has 1 aliphatic heterocycles. The number of hydrogen-bond acceptors (Lipinski definition) is 4. The van der Waals surface area contributed by atoms with E-state index in [1.165, 1.54) is 10.6 Å². The number of aliphatic imine (C=N–C) groups is 1. The summed E-state index contributed by atoms with van der Waals surface area (Å²) in [5.74, 6) is -0.420. The lowest BCUT2D eigenvalue weighted by Gasteiger charge is -2.27. The lowest BCUT2D eigenvalue weighted by atomic mass is 10.1. The minimum atomic E-state index is -0.342. The van der Waals surface area contributed by atoms with Crippen LogP contribution in [0.1, 0.15) is 16.7 Å². The molecule has 25 heavy (non-hydrogen) atoms. The van der Waals surface area contributed by atoms with E-state index in [-0.39, 0.29) is 24.2 Å². The molecule has 0 saturated heterocycles. The first kappa shape index (κ1) is 16.7. The first-order valence-electron chi connectivity index (χ1n) is 8.07. The maximum atomic E-state index is 12.3. The molecule has 0 radical (unpaired) electrons. The summed E-state index contributed by atoms with van der Waals surface area (Å²) in [4.78, 5) is 28.4. The lowest BCUT2D eigenvalue weighted by molar-refractivity contribution is -0.118. The Morgan fingerprint density at radius 1 is 1.08 bits per heavy atom. The van der Waals surface area contributed by atoms with Gasteiger partial charge in [0.15, 0.2) is 0 Å². The number of aryl methyl sites for hydroxylation is 2. The topological polar surface area (TPSA) is 73.8 Å². The molecule has 0 unspecified atom stereocenters. The fraction of sp³-hybridized carbons (Fsp3) is 0.211. The maximum absolute atomic E-state index is 12.3. The highest BCUT2D eigenvalue weighted by atomic mass is 16.2. The third-order valence-electron chi connectivity index (χ3n) is 3.92. The third-order valence-corrected chi connectivity index (χ3v) is 3.92. The molecule has 2 N–H and O–H groups in total. The number of anilines is 1. The van der Waals surface area contributed by atoms with Crippen molar-refractivity contribution in [3.63, 3.8) is 0 Å². The van der Waals surface area contributed by atoms with Crippen LogP contribution in [-0.4, -0.2) is 24.2 Å². The van der Waals surface area contributed by atoms with Crippen molar-refractivity contribution in [1.29, 1.82) is 0 Å². The Hall–Kier alpha value is -3.15. The lowest BCUT2D eigenvalue weighted by Crippen LogP contribution is -2.55. The van der Waals surface area contributed by atoms with Gasteiger partial charge in [0.2, 0.25) is 5.84 Å². The van der Waals surface area contributed by atoms with Crippen LogP contribution in [0, 0.1) is 13.8 Å². The fourth-order valence-electron chi connectivity index (χ4n) is 2.42. The standard InChI is InChI=1S/C19H20N4O2/c1-13-3-7-15(8-4-13)11-21-19(25)18-20-12-17(24)23(22-18)16-9-5-14(2)6-10-16/h3-10H,11-12H2,1-2H3,(H,20,22)(H,21,25). The normalized spacial score (nSPS) is 13.9. The molecule has 6 nitrogen and oxygen atoms in total. The van der Waals surface area contributed by atoms with Crippen LogP contribution in [0.3, 0.4) is 0 Å². The number of hydrogen-bond donors (Lipinski definition) is 2. The summed E-state index contributed by atoms with van der Waals surface area (Å²) in [7, 11) is 0. The number of nitrogens with one attached hydrogen (secondary N) is 2. The second-order valence-electron chi connectivity index (χ2n) is 6.01. The summed E-state index contributed by atoms with van der Waals surface area (Å²) in [6.45, 7) is 4.33. The van der Waals surface area contributed by atoms with Crippen molar-refractivity contribution in [2.24, 2.45) is 4.99 Å². The summed E-state index contributed by atoms with van der Waals surface area (Å²) in [6.07, 6.45) is 0. The highest BCUT2D eigenvalue weighted by molar-refractivity contribution is 6.39. The molecule has 1 aliphatic rings. The van der Waals surface area contributed by atoms with E-state index in [9.17, 15) is 9.59 Å². The molecule has 2 amide bonds. The van der Waals surface area contributed by atoms with Crippen LogP contribution in [0.4, 0.5) is 5.69 Å². The first-order chi connectivity index (χ1) is 12.0. The maximum Gasteiger partial charge on any atom is 0.288 e. The number of carbonyl (C=O) groups is 2. The number of amidine groups is 1. The SMILES string of the molecule is Cc1ccc(CNC(=O)C2=NCC(=O)N(c3ccc(C)cc3)N2)cc1. The van der Waals surface area contributed by atoms with E-state index >= 15 is 0 Å². The van der Waals surface area contributed by atoms with Crippen LogP contribution in [0.25, 0.3) is 0 Å². The number of benzene rings is 2. The second kappa shape index (κ2) is 7.17. The average Bonchev–Trinajstić information content (AvgIpc) is 2.62. The Kier molecular flexibility index (Phi) is 4.79. The molecule has 0 bridgehead atoms. The highest BCUT2D eigenvalue weighted by Gasteiger charge is 2.25. The van der Waals surface area contributed by atoms with Crippen LogP contribution in [0.2, 0.25) is 0 Å². The van der Waals surface area contributed by atoms with Crippen molar-refractivity contribution in [2.75, 3.05) is 11.6 Å². The molecule has 128 valence electrons. The van der Waals surface area contributed by atoms with Gasteiger partial charge in [-0.15, -0.1) is 0 Å². The highest BCUT2D eigenvalue weighted by Crippen LogP contribution is 2.15. The molecule has 0 saturated carbocycles. The van der Waals surface area contributed by atoms with Crippen molar-refractivity contribution >= 4 is 23.3 Å². The zero-order chi connectivity index (χ0) is 17.8. The Labute approximate surface area is 146 Å². The Morgan fingerprint density at radius 2 is 1.68 bits per heavy atom. The Balaban J connectivity index is 1.65. The molecule has 0 aromatic heterocycles. The number of nitrogens with zero attached hydrogens (tertiary/aromatic N) is 2. The summed E-state index contributed by atoms with van der Waals surface area (Å²) in [6, 6.07) is 15.4. The molecule has 0 spiro atoms. The van der Waals surface area contributed by atoms with E-state index in [1.54, 1.807) is 0 Å². The number of hydrazine groups is 1. The van der Waals surface area contributed by atoms with Crippen LogP contribution in [-0.2, 0) is 16.1 Å². The van der Waals surface area contributed by atoms with Crippen molar-refractivity contribution in [3.8, 4) is 0 Å². The fourth-order valence-corrected chi connectivity index (χ4v) is 2.42. The van der Waals surface area contributed by atoms with Gasteiger partial charge in [-0.2, -0.15) is 0 Å². The van der Waals surface area contributed by atoms with Crippen molar-refractivity contribution in [1.82, 2.24) is 10.7 Å². The van der Waals surface area contributed by atoms with Gasteiger partial charge in [0.05, 0.1) is 5.69 Å². The molecule has 6 heteroatoms. The third kappa shape index (κ3) is 4.03. The zero-order valence-electron chi connectivity index (χ0n) is 14.2. The van der Waals surface area contributed by atoms with Crippen LogP contribution < -0.4 is 15.8 Å². The van der Waals surface area contributed by atoms with Crippen molar-refractivity contribution in [3.05, 3.63) is 65.2 Å². The van der Waals surface area contributed by atoms with Crippen LogP contribution >= 0.6 is 0 Å². The molecule has 0 atom stereocenters. The van der Waals surface area contributed by atoms with Gasteiger partial charge in [-0.1, -0.05) is 47.5 Å². The molecule has 0 fully saturated rings. The Bertz CT molecular complexity index is 810. The number of amides is 2. The molecule has 2 aromatic carbocycles. The van der Waals surface area contributed by atoms with Gasteiger partial charge in [-0.3, -0.25) is 20.0 Å². The molecule has 0 aliphatic carbocycles. The minimum Gasteiger partial charge on any atom is -0.345 e. The summed E-state index contributed by atoms with van der Waals surface area (Å²) < 4.78 is 0. The Morgan fingerprint density at radius 3 is 2.32 bits per heavy atom. The second-order valence-corrected chi connectivity index (χ2v) is 6.01. The van der Waals surface area contributed by atoms with Crippen LogP contribution in [0.5, 0.6) is 0 Å². The number of rotatable bonds is 4. The van der Waals surface area contributed by atoms with Gasteiger partial charge in [-0.05, 0) is 31.5 Å². The van der Waals surface area contributed by atoms with E-state index in [4.69, 9.17) is 0 Å². The largest absolute Gasteiger partial charge is 0.345 e. The van der Waals surface area contributed by atoms with Gasteiger partial charge < -0.3 is 5.32 Å². The molecule has 3 rings (SSSR count). The molecule has 1 heterocycles. The van der Waals surface area contributed by atoms with Crippen molar-refractivity contribution < 1.29 is 9.59 Å². The van der Waals surface area contributed by atoms with Gasteiger partial charge in [0, 0.05) is 6.54 Å². The van der Waals surface area contributed by atoms with E-state index < -0.39 is 0 Å². The quantitative estimate of drug-likeness (QED) is 0.895. The van der Waals surface area contributed by atoms with E-state index in [0.717, 1.165) is 11.1 Å². The van der Waals surface area contributed by atoms with Gasteiger partial charge in [0.25, 0.3) is 11.8 Å².